The molecule has 0 radical (unpaired) electrons. The second kappa shape index (κ2) is 8.14. The van der Waals surface area contributed by atoms with Crippen LogP contribution in [0.4, 0.5) is 0 Å². The molecule has 0 heterocycles. The van der Waals surface area contributed by atoms with Crippen molar-refractivity contribution < 1.29 is 15.0 Å². The molecule has 0 aliphatic carbocycles. The molecule has 0 atom stereocenters. The van der Waals surface area contributed by atoms with Crippen molar-refractivity contribution in [2.75, 3.05) is 0 Å². The van der Waals surface area contributed by atoms with Gasteiger partial charge in [-0.3, -0.25) is 4.79 Å². The van der Waals surface area contributed by atoms with E-state index >= 15 is 0 Å². The molecule has 0 aromatic heterocycles. The lowest BCUT2D eigenvalue weighted by Gasteiger charge is -2.03. The normalized spacial score (nSPS) is 11.4. The average Bonchev–Trinajstić information content (AvgIpc) is 2.42. The third-order valence-electron chi connectivity index (χ3n) is 2.84. The summed E-state index contributed by atoms with van der Waals surface area (Å²) in [6, 6.07) is 2.97. The molecule has 3 nitrogen and oxygen atoms in total. The SMILES string of the molecule is CCCCC/C=C/C=C/c1ccc(O)c(O)c1C=O. The molecule has 0 unspecified atom stereocenters. The van der Waals surface area contributed by atoms with E-state index in [1.54, 1.807) is 12.1 Å². The zero-order chi connectivity index (χ0) is 14.1. The van der Waals surface area contributed by atoms with Gasteiger partial charge in [0.25, 0.3) is 0 Å². The van der Waals surface area contributed by atoms with Gasteiger partial charge in [0.05, 0.1) is 5.56 Å². The van der Waals surface area contributed by atoms with Gasteiger partial charge < -0.3 is 10.2 Å². The molecule has 2 N–H and O–H groups in total. The molecule has 1 aromatic carbocycles. The van der Waals surface area contributed by atoms with Gasteiger partial charge in [-0.25, -0.2) is 0 Å². The Bertz CT molecular complexity index is 473. The van der Waals surface area contributed by atoms with Crippen LogP contribution in [0.2, 0.25) is 0 Å². The molecule has 19 heavy (non-hydrogen) atoms. The lowest BCUT2D eigenvalue weighted by atomic mass is 10.1. The molecule has 0 aliphatic heterocycles. The standard InChI is InChI=1S/C16H20O3/c1-2-3-4-5-6-7-8-9-13-10-11-15(18)16(19)14(13)12-17/h6-12,18-19H,2-5H2,1H3/b7-6+,9-8+. The molecule has 0 saturated heterocycles. The molecule has 3 heteroatoms. The lowest BCUT2D eigenvalue weighted by molar-refractivity contribution is 0.112. The molecule has 102 valence electrons. The van der Waals surface area contributed by atoms with Crippen LogP contribution in [0.1, 0.15) is 48.5 Å². The minimum absolute atomic E-state index is 0.107. The van der Waals surface area contributed by atoms with Crippen molar-refractivity contribution in [2.24, 2.45) is 0 Å². The van der Waals surface area contributed by atoms with Crippen molar-refractivity contribution in [3.63, 3.8) is 0 Å². The smallest absolute Gasteiger partial charge is 0.168 e. The van der Waals surface area contributed by atoms with Crippen molar-refractivity contribution in [2.45, 2.75) is 32.6 Å². The molecule has 0 fully saturated rings. The Labute approximate surface area is 113 Å². The number of phenolic OH excluding ortho intramolecular Hbond substituents is 2. The van der Waals surface area contributed by atoms with Gasteiger partial charge in [-0.2, -0.15) is 0 Å². The van der Waals surface area contributed by atoms with Gasteiger partial charge in [0.2, 0.25) is 0 Å². The maximum Gasteiger partial charge on any atom is 0.168 e. The van der Waals surface area contributed by atoms with Crippen molar-refractivity contribution in [3.05, 3.63) is 41.5 Å². The van der Waals surface area contributed by atoms with Crippen LogP contribution in [-0.2, 0) is 0 Å². The summed E-state index contributed by atoms with van der Waals surface area (Å²) in [7, 11) is 0. The molecule has 0 spiro atoms. The summed E-state index contributed by atoms with van der Waals surface area (Å²) >= 11 is 0. The van der Waals surface area contributed by atoms with Gasteiger partial charge in [0.1, 0.15) is 0 Å². The van der Waals surface area contributed by atoms with Crippen LogP contribution in [0.25, 0.3) is 6.08 Å². The maximum absolute atomic E-state index is 10.9. The van der Waals surface area contributed by atoms with Crippen LogP contribution in [0.5, 0.6) is 11.5 Å². The number of hydrogen-bond acceptors (Lipinski definition) is 3. The van der Waals surface area contributed by atoms with Crippen LogP contribution in [0.15, 0.2) is 30.4 Å². The first-order chi connectivity index (χ1) is 9.20. The molecule has 0 saturated carbocycles. The molecule has 0 aliphatic rings. The maximum atomic E-state index is 10.9. The quantitative estimate of drug-likeness (QED) is 0.336. The summed E-state index contributed by atoms with van der Waals surface area (Å²) in [6.45, 7) is 2.17. The average molecular weight is 260 g/mol. The fraction of sp³-hybridized carbons (Fsp3) is 0.312. The Balaban J connectivity index is 2.67. The van der Waals surface area contributed by atoms with E-state index < -0.39 is 0 Å². The van der Waals surface area contributed by atoms with Gasteiger partial charge in [0.15, 0.2) is 17.8 Å². The number of carbonyl (C=O) groups is 1. The molecular formula is C16H20O3. The number of carbonyl (C=O) groups excluding carboxylic acids is 1. The fourth-order valence-corrected chi connectivity index (χ4v) is 1.73. The summed E-state index contributed by atoms with van der Waals surface area (Å²) in [5.41, 5.74) is 0.694. The Morgan fingerprint density at radius 2 is 1.95 bits per heavy atom. The molecule has 1 aromatic rings. The van der Waals surface area contributed by atoms with Gasteiger partial charge in [-0.05, 0) is 24.5 Å². The highest BCUT2D eigenvalue weighted by Gasteiger charge is 2.08. The first-order valence-electron chi connectivity index (χ1n) is 6.54. The van der Waals surface area contributed by atoms with E-state index in [-0.39, 0.29) is 17.1 Å². The number of aromatic hydroxyl groups is 2. The van der Waals surface area contributed by atoms with Crippen LogP contribution in [-0.4, -0.2) is 16.5 Å². The van der Waals surface area contributed by atoms with Crippen molar-refractivity contribution in [3.8, 4) is 11.5 Å². The van der Waals surface area contributed by atoms with Crippen molar-refractivity contribution >= 4 is 12.4 Å². The number of unbranched alkanes of at least 4 members (excludes halogenated alkanes) is 3. The highest BCUT2D eigenvalue weighted by molar-refractivity contribution is 5.87. The predicted octanol–water partition coefficient (Wildman–Crippen LogP) is 4.06. The van der Waals surface area contributed by atoms with Crippen molar-refractivity contribution in [1.29, 1.82) is 0 Å². The Hall–Kier alpha value is -2.03. The van der Waals surface area contributed by atoms with Crippen LogP contribution < -0.4 is 0 Å². The van der Waals surface area contributed by atoms with E-state index in [0.29, 0.717) is 11.8 Å². The third-order valence-corrected chi connectivity index (χ3v) is 2.84. The van der Waals surface area contributed by atoms with E-state index in [2.05, 4.69) is 13.0 Å². The van der Waals surface area contributed by atoms with Crippen LogP contribution >= 0.6 is 0 Å². The second-order valence-corrected chi connectivity index (χ2v) is 4.34. The van der Waals surface area contributed by atoms with Gasteiger partial charge >= 0.3 is 0 Å². The van der Waals surface area contributed by atoms with Crippen LogP contribution in [0, 0.1) is 0 Å². The largest absolute Gasteiger partial charge is 0.504 e. The highest BCUT2D eigenvalue weighted by atomic mass is 16.3. The lowest BCUT2D eigenvalue weighted by Crippen LogP contribution is -1.87. The molecular weight excluding hydrogens is 240 g/mol. The molecule has 0 amide bonds. The minimum atomic E-state index is -0.371. The monoisotopic (exact) mass is 260 g/mol. The van der Waals surface area contributed by atoms with E-state index in [4.69, 9.17) is 0 Å². The Morgan fingerprint density at radius 1 is 1.16 bits per heavy atom. The van der Waals surface area contributed by atoms with E-state index in [0.717, 1.165) is 6.42 Å². The molecule has 0 bridgehead atoms. The number of allylic oxidation sites excluding steroid dienone is 3. The van der Waals surface area contributed by atoms with Gasteiger partial charge in [-0.15, -0.1) is 0 Å². The van der Waals surface area contributed by atoms with Crippen molar-refractivity contribution in [1.82, 2.24) is 0 Å². The third kappa shape index (κ3) is 4.62. The molecule has 1 rings (SSSR count). The summed E-state index contributed by atoms with van der Waals surface area (Å²) in [4.78, 5) is 10.9. The van der Waals surface area contributed by atoms with Crippen LogP contribution in [0.3, 0.4) is 0 Å². The first kappa shape index (κ1) is 15.0. The topological polar surface area (TPSA) is 57.5 Å². The van der Waals surface area contributed by atoms with E-state index in [1.807, 2.05) is 12.2 Å². The zero-order valence-corrected chi connectivity index (χ0v) is 11.2. The van der Waals surface area contributed by atoms with Gasteiger partial charge in [-0.1, -0.05) is 50.1 Å². The Kier molecular flexibility index (Phi) is 6.44. The minimum Gasteiger partial charge on any atom is -0.504 e. The number of benzene rings is 1. The van der Waals surface area contributed by atoms with E-state index in [9.17, 15) is 15.0 Å². The number of rotatable bonds is 7. The zero-order valence-electron chi connectivity index (χ0n) is 11.2. The Morgan fingerprint density at radius 3 is 2.63 bits per heavy atom. The van der Waals surface area contributed by atoms with E-state index in [1.165, 1.54) is 25.3 Å². The summed E-state index contributed by atoms with van der Waals surface area (Å²) in [5.74, 6) is -0.654. The van der Waals surface area contributed by atoms with Gasteiger partial charge in [0, 0.05) is 0 Å². The fourth-order valence-electron chi connectivity index (χ4n) is 1.73. The highest BCUT2D eigenvalue weighted by Crippen LogP contribution is 2.30. The summed E-state index contributed by atoms with van der Waals surface area (Å²) < 4.78 is 0. The second-order valence-electron chi connectivity index (χ2n) is 4.34. The summed E-state index contributed by atoms with van der Waals surface area (Å²) in [6.07, 6.45) is 12.8. The predicted molar refractivity (Wildman–Crippen MR) is 77.5 cm³/mol. The number of aldehydes is 1. The number of hydrogen-bond donors (Lipinski definition) is 2. The number of phenols is 2. The first-order valence-corrected chi connectivity index (χ1v) is 6.54. The summed E-state index contributed by atoms with van der Waals surface area (Å²) in [5, 5.41) is 18.8.